The van der Waals surface area contributed by atoms with Crippen LogP contribution in [0.15, 0.2) is 70.9 Å². The van der Waals surface area contributed by atoms with Crippen molar-refractivity contribution < 1.29 is 18.7 Å². The van der Waals surface area contributed by atoms with Gasteiger partial charge in [-0.1, -0.05) is 55.0 Å². The summed E-state index contributed by atoms with van der Waals surface area (Å²) in [5, 5.41) is 0. The number of carbonyl (C=O) groups excluding carboxylic acids is 2. The van der Waals surface area contributed by atoms with Crippen LogP contribution in [-0.4, -0.2) is 23.6 Å². The zero-order valence-corrected chi connectivity index (χ0v) is 19.5. The van der Waals surface area contributed by atoms with Crippen molar-refractivity contribution in [2.75, 3.05) is 0 Å². The summed E-state index contributed by atoms with van der Waals surface area (Å²) in [6.45, 7) is 1.81. The van der Waals surface area contributed by atoms with E-state index in [2.05, 4.69) is 0 Å². The molecule has 3 atom stereocenters. The Morgan fingerprint density at radius 2 is 1.68 bits per heavy atom. The molecule has 3 aliphatic rings. The minimum Gasteiger partial charge on any atom is -0.462 e. The molecular weight excluding hydrogens is 429 g/mol. The Labute approximate surface area is 199 Å². The first-order valence-corrected chi connectivity index (χ1v) is 12.3. The van der Waals surface area contributed by atoms with Gasteiger partial charge in [0, 0.05) is 29.3 Å². The van der Waals surface area contributed by atoms with E-state index in [1.54, 1.807) is 25.1 Å². The van der Waals surface area contributed by atoms with Crippen LogP contribution in [0.1, 0.15) is 74.8 Å². The molecule has 0 aromatic heterocycles. The molecule has 1 heterocycles. The molecule has 5 rings (SSSR count). The smallest absolute Gasteiger partial charge is 0.315 e. The lowest BCUT2D eigenvalue weighted by Gasteiger charge is -2.37. The van der Waals surface area contributed by atoms with Crippen LogP contribution in [0.5, 0.6) is 0 Å². The Morgan fingerprint density at radius 1 is 0.971 bits per heavy atom. The van der Waals surface area contributed by atoms with Crippen LogP contribution < -0.4 is 0 Å². The van der Waals surface area contributed by atoms with Gasteiger partial charge < -0.3 is 4.74 Å². The fraction of sp³-hybridized carbons (Fsp3) is 0.414. The second-order valence-corrected chi connectivity index (χ2v) is 9.73. The maximum atomic E-state index is 15.1. The van der Waals surface area contributed by atoms with E-state index in [0.717, 1.165) is 37.7 Å². The number of halogens is 1. The van der Waals surface area contributed by atoms with Gasteiger partial charge in [-0.05, 0) is 62.1 Å². The first kappa shape index (κ1) is 22.7. The Balaban J connectivity index is 1.54. The number of ketones is 1. The summed E-state index contributed by atoms with van der Waals surface area (Å²) in [7, 11) is 0. The van der Waals surface area contributed by atoms with Crippen molar-refractivity contribution in [3.05, 3.63) is 82.8 Å². The lowest BCUT2D eigenvalue weighted by molar-refractivity contribution is -0.153. The summed E-state index contributed by atoms with van der Waals surface area (Å²) in [4.78, 5) is 31.8. The van der Waals surface area contributed by atoms with Crippen LogP contribution >= 0.6 is 0 Å². The van der Waals surface area contributed by atoms with Crippen LogP contribution in [0.25, 0.3) is 0 Å². The number of Topliss-reactive ketones (excluding diaryl/α,β-unsaturated/α-hetero) is 1. The van der Waals surface area contributed by atoms with E-state index >= 15 is 4.39 Å². The summed E-state index contributed by atoms with van der Waals surface area (Å²) >= 11 is 0. The molecule has 1 saturated carbocycles. The monoisotopic (exact) mass is 459 g/mol. The highest BCUT2D eigenvalue weighted by atomic mass is 19.1. The number of aliphatic imine (C=N–C) groups is 1. The molecule has 34 heavy (non-hydrogen) atoms. The first-order valence-electron chi connectivity index (χ1n) is 12.3. The molecule has 2 aromatic carbocycles. The summed E-state index contributed by atoms with van der Waals surface area (Å²) in [6.07, 6.45) is 5.75. The predicted octanol–water partition coefficient (Wildman–Crippen LogP) is 6.28. The molecule has 0 spiro atoms. The van der Waals surface area contributed by atoms with Crippen molar-refractivity contribution >= 4 is 17.5 Å². The number of carbonyl (C=O) groups is 2. The molecule has 0 amide bonds. The van der Waals surface area contributed by atoms with Gasteiger partial charge in [-0.15, -0.1) is 0 Å². The Hall–Kier alpha value is -3.08. The lowest BCUT2D eigenvalue weighted by Crippen LogP contribution is -2.39. The van der Waals surface area contributed by atoms with Gasteiger partial charge in [0.05, 0.1) is 0 Å². The third-order valence-electron chi connectivity index (χ3n) is 7.49. The van der Waals surface area contributed by atoms with Gasteiger partial charge in [-0.25, -0.2) is 4.39 Å². The molecule has 0 radical (unpaired) electrons. The molecule has 2 aliphatic carbocycles. The molecule has 176 valence electrons. The average Bonchev–Trinajstić information content (AvgIpc) is 2.84. The number of nitrogens with zero attached hydrogens (tertiary/aromatic N) is 1. The number of hydrogen-bond acceptors (Lipinski definition) is 4. The van der Waals surface area contributed by atoms with Gasteiger partial charge in [0.15, 0.2) is 5.78 Å². The second kappa shape index (κ2) is 9.65. The van der Waals surface area contributed by atoms with Crippen LogP contribution in [0.2, 0.25) is 0 Å². The topological polar surface area (TPSA) is 55.7 Å². The van der Waals surface area contributed by atoms with Crippen molar-refractivity contribution in [2.24, 2.45) is 10.9 Å². The minimum atomic E-state index is -0.796. The van der Waals surface area contributed by atoms with Crippen molar-refractivity contribution in [2.45, 2.75) is 69.8 Å². The zero-order valence-electron chi connectivity index (χ0n) is 19.5. The van der Waals surface area contributed by atoms with Gasteiger partial charge in [0.25, 0.3) is 0 Å². The van der Waals surface area contributed by atoms with E-state index in [1.165, 1.54) is 6.07 Å². The van der Waals surface area contributed by atoms with Crippen LogP contribution in [0, 0.1) is 11.7 Å². The summed E-state index contributed by atoms with van der Waals surface area (Å²) in [5.41, 5.74) is 3.21. The number of hydrogen-bond donors (Lipinski definition) is 0. The zero-order chi connectivity index (χ0) is 23.7. The summed E-state index contributed by atoms with van der Waals surface area (Å²) in [5.74, 6) is -2.36. The van der Waals surface area contributed by atoms with Crippen LogP contribution in [0.3, 0.4) is 0 Å². The third-order valence-corrected chi connectivity index (χ3v) is 7.49. The van der Waals surface area contributed by atoms with Gasteiger partial charge >= 0.3 is 5.97 Å². The van der Waals surface area contributed by atoms with E-state index in [1.807, 2.05) is 30.3 Å². The fourth-order valence-electron chi connectivity index (χ4n) is 5.81. The molecule has 1 fully saturated rings. The normalized spacial score (nSPS) is 25.5. The highest BCUT2D eigenvalue weighted by Gasteiger charge is 2.46. The summed E-state index contributed by atoms with van der Waals surface area (Å²) in [6, 6.07) is 16.4. The van der Waals surface area contributed by atoms with E-state index in [9.17, 15) is 9.59 Å². The van der Waals surface area contributed by atoms with Crippen molar-refractivity contribution in [1.82, 2.24) is 0 Å². The van der Waals surface area contributed by atoms with Crippen LogP contribution in [0.4, 0.5) is 4.39 Å². The van der Waals surface area contributed by atoms with Crippen molar-refractivity contribution in [3.63, 3.8) is 0 Å². The van der Waals surface area contributed by atoms with Crippen molar-refractivity contribution in [1.29, 1.82) is 0 Å². The molecule has 0 N–H and O–H groups in total. The number of ether oxygens (including phenoxy) is 1. The molecule has 4 nitrogen and oxygen atoms in total. The second-order valence-electron chi connectivity index (χ2n) is 9.73. The Bertz CT molecular complexity index is 1150. The van der Waals surface area contributed by atoms with E-state index in [0.29, 0.717) is 35.4 Å². The van der Waals surface area contributed by atoms with Gasteiger partial charge in [0.2, 0.25) is 0 Å². The van der Waals surface area contributed by atoms with E-state index in [-0.39, 0.29) is 17.8 Å². The minimum absolute atomic E-state index is 0.0241. The first-order chi connectivity index (χ1) is 16.5. The Kier molecular flexibility index (Phi) is 6.44. The maximum Gasteiger partial charge on any atom is 0.315 e. The van der Waals surface area contributed by atoms with Gasteiger partial charge in [0.1, 0.15) is 17.8 Å². The maximum absolute atomic E-state index is 15.1. The largest absolute Gasteiger partial charge is 0.462 e. The standard InChI is InChI=1S/C29H30FNO3/c1-18-26(29(33)34-21-12-6-3-7-13-21)27(22-14-8-9-15-23(22)30)28-24(31-18)16-20(17-25(28)32)19-10-4-2-5-11-19/h2,4-5,8-11,14-15,20-21,26-27H,3,6-7,12-13,16-17H2,1H3/t20-,26?,27-/m0/s1. The predicted molar refractivity (Wildman–Crippen MR) is 129 cm³/mol. The SMILES string of the molecule is CC1=NC2=C(C(=O)C[C@@H](c3ccccc3)C2)[C@@H](c2ccccc2F)C1C(=O)OC1CCCCC1. The number of esters is 1. The lowest BCUT2D eigenvalue weighted by atomic mass is 9.69. The fourth-order valence-corrected chi connectivity index (χ4v) is 5.81. The molecular formula is C29H30FNO3. The van der Waals surface area contributed by atoms with Gasteiger partial charge in [-0.3, -0.25) is 14.6 Å². The summed E-state index contributed by atoms with van der Waals surface area (Å²) < 4.78 is 21.0. The molecule has 1 unspecified atom stereocenters. The number of benzene rings is 2. The molecule has 0 saturated heterocycles. The highest BCUT2D eigenvalue weighted by molar-refractivity contribution is 6.09. The Morgan fingerprint density at radius 3 is 2.41 bits per heavy atom. The quantitative estimate of drug-likeness (QED) is 0.506. The van der Waals surface area contributed by atoms with Crippen LogP contribution in [-0.2, 0) is 14.3 Å². The van der Waals surface area contributed by atoms with Crippen molar-refractivity contribution in [3.8, 4) is 0 Å². The average molecular weight is 460 g/mol. The molecule has 2 aromatic rings. The molecule has 1 aliphatic heterocycles. The number of allylic oxidation sites excluding steroid dienone is 2. The number of rotatable bonds is 4. The highest BCUT2D eigenvalue weighted by Crippen LogP contribution is 2.47. The third kappa shape index (κ3) is 4.36. The molecule has 0 bridgehead atoms. The van der Waals surface area contributed by atoms with Gasteiger partial charge in [-0.2, -0.15) is 0 Å². The van der Waals surface area contributed by atoms with E-state index in [4.69, 9.17) is 9.73 Å². The molecule has 5 heteroatoms. The van der Waals surface area contributed by atoms with E-state index < -0.39 is 23.6 Å².